The number of nitrogens with zero attached hydrogens (tertiary/aromatic N) is 1. The highest BCUT2D eigenvalue weighted by molar-refractivity contribution is 5.83. The Labute approximate surface area is 103 Å². The third kappa shape index (κ3) is 2.82. The SMILES string of the molecule is C=C1/C=C\C=C/Cc2cc(C)c(C)cc2C=N1. The summed E-state index contributed by atoms with van der Waals surface area (Å²) in [6.07, 6.45) is 11.0. The maximum atomic E-state index is 4.36. The summed E-state index contributed by atoms with van der Waals surface area (Å²) in [5.41, 5.74) is 5.92. The second-order valence-electron chi connectivity index (χ2n) is 4.38. The van der Waals surface area contributed by atoms with Crippen molar-refractivity contribution >= 4 is 6.21 Å². The molecule has 1 aliphatic heterocycles. The van der Waals surface area contributed by atoms with Gasteiger partial charge in [0.1, 0.15) is 0 Å². The van der Waals surface area contributed by atoms with Gasteiger partial charge in [0.2, 0.25) is 0 Å². The van der Waals surface area contributed by atoms with Crippen molar-refractivity contribution < 1.29 is 0 Å². The van der Waals surface area contributed by atoms with Crippen molar-refractivity contribution in [2.75, 3.05) is 0 Å². The molecular weight excluding hydrogens is 206 g/mol. The highest BCUT2D eigenvalue weighted by Gasteiger charge is 2.03. The molecule has 0 bridgehead atoms. The molecule has 1 aliphatic rings. The van der Waals surface area contributed by atoms with Crippen LogP contribution in [-0.4, -0.2) is 6.21 Å². The van der Waals surface area contributed by atoms with Gasteiger partial charge < -0.3 is 0 Å². The minimum atomic E-state index is 0.778. The minimum absolute atomic E-state index is 0.778. The number of hydrogen-bond donors (Lipinski definition) is 0. The van der Waals surface area contributed by atoms with Gasteiger partial charge in [-0.1, -0.05) is 30.9 Å². The van der Waals surface area contributed by atoms with Gasteiger partial charge in [-0.05, 0) is 54.7 Å². The molecule has 0 unspecified atom stereocenters. The summed E-state index contributed by atoms with van der Waals surface area (Å²) < 4.78 is 0. The zero-order chi connectivity index (χ0) is 12.3. The van der Waals surface area contributed by atoms with Crippen LogP contribution in [0.15, 0.2) is 53.7 Å². The lowest BCUT2D eigenvalue weighted by Gasteiger charge is -2.08. The van der Waals surface area contributed by atoms with Gasteiger partial charge in [0, 0.05) is 6.21 Å². The molecule has 1 aromatic rings. The fourth-order valence-electron chi connectivity index (χ4n) is 1.83. The molecule has 0 atom stereocenters. The Hall–Kier alpha value is -1.89. The molecule has 0 saturated heterocycles. The van der Waals surface area contributed by atoms with Gasteiger partial charge in [0.25, 0.3) is 0 Å². The van der Waals surface area contributed by atoms with E-state index in [1.54, 1.807) is 0 Å². The van der Waals surface area contributed by atoms with Gasteiger partial charge >= 0.3 is 0 Å². The fraction of sp³-hybridized carbons (Fsp3) is 0.188. The van der Waals surface area contributed by atoms with Gasteiger partial charge in [-0.2, -0.15) is 0 Å². The van der Waals surface area contributed by atoms with Crippen LogP contribution in [0.3, 0.4) is 0 Å². The maximum Gasteiger partial charge on any atom is 0.0558 e. The number of rotatable bonds is 0. The van der Waals surface area contributed by atoms with Crippen LogP contribution < -0.4 is 0 Å². The average Bonchev–Trinajstić information content (AvgIpc) is 2.30. The molecule has 0 N–H and O–H groups in total. The van der Waals surface area contributed by atoms with Gasteiger partial charge in [-0.3, -0.25) is 4.99 Å². The van der Waals surface area contributed by atoms with Crippen molar-refractivity contribution in [1.82, 2.24) is 0 Å². The Balaban J connectivity index is 2.50. The predicted molar refractivity (Wildman–Crippen MR) is 74.6 cm³/mol. The third-order valence-electron chi connectivity index (χ3n) is 3.00. The summed E-state index contributed by atoms with van der Waals surface area (Å²) in [5.74, 6) is 0. The number of hydrogen-bond acceptors (Lipinski definition) is 1. The summed E-state index contributed by atoms with van der Waals surface area (Å²) in [4.78, 5) is 4.36. The van der Waals surface area contributed by atoms with E-state index in [2.05, 4.69) is 43.6 Å². The van der Waals surface area contributed by atoms with Crippen molar-refractivity contribution in [3.63, 3.8) is 0 Å². The van der Waals surface area contributed by atoms with Crippen molar-refractivity contribution in [2.24, 2.45) is 4.99 Å². The highest BCUT2D eigenvalue weighted by Crippen LogP contribution is 2.17. The molecule has 2 rings (SSSR count). The largest absolute Gasteiger partial charge is 0.257 e. The van der Waals surface area contributed by atoms with Crippen molar-refractivity contribution in [3.8, 4) is 0 Å². The first-order valence-corrected chi connectivity index (χ1v) is 5.83. The molecule has 1 heteroatoms. The number of benzene rings is 1. The van der Waals surface area contributed by atoms with E-state index in [1.165, 1.54) is 22.3 Å². The zero-order valence-corrected chi connectivity index (χ0v) is 10.4. The van der Waals surface area contributed by atoms with Crippen molar-refractivity contribution in [2.45, 2.75) is 20.3 Å². The molecule has 0 aromatic heterocycles. The summed E-state index contributed by atoms with van der Waals surface area (Å²) in [6.45, 7) is 8.16. The van der Waals surface area contributed by atoms with E-state index >= 15 is 0 Å². The van der Waals surface area contributed by atoms with Crippen LogP contribution in [0.25, 0.3) is 0 Å². The molecule has 17 heavy (non-hydrogen) atoms. The van der Waals surface area contributed by atoms with E-state index in [-0.39, 0.29) is 0 Å². The van der Waals surface area contributed by atoms with Crippen molar-refractivity contribution in [3.05, 3.63) is 71.0 Å². The lowest BCUT2D eigenvalue weighted by Crippen LogP contribution is -1.96. The topological polar surface area (TPSA) is 12.4 Å². The van der Waals surface area contributed by atoms with Gasteiger partial charge in [0.05, 0.1) is 5.70 Å². The average molecular weight is 223 g/mol. The Morgan fingerprint density at radius 1 is 1.12 bits per heavy atom. The van der Waals surface area contributed by atoms with Crippen LogP contribution in [0.4, 0.5) is 0 Å². The van der Waals surface area contributed by atoms with Crippen LogP contribution >= 0.6 is 0 Å². The molecular formula is C16H17N. The third-order valence-corrected chi connectivity index (χ3v) is 3.00. The smallest absolute Gasteiger partial charge is 0.0558 e. The van der Waals surface area contributed by atoms with E-state index in [0.717, 1.165) is 12.1 Å². The Kier molecular flexibility index (Phi) is 3.38. The molecule has 1 nitrogen and oxygen atoms in total. The van der Waals surface area contributed by atoms with Crippen LogP contribution in [-0.2, 0) is 6.42 Å². The number of aryl methyl sites for hydroxylation is 2. The zero-order valence-electron chi connectivity index (χ0n) is 10.4. The Morgan fingerprint density at radius 2 is 1.88 bits per heavy atom. The molecule has 0 amide bonds. The Bertz CT molecular complexity index is 531. The molecule has 1 aromatic carbocycles. The van der Waals surface area contributed by atoms with E-state index in [4.69, 9.17) is 0 Å². The lowest BCUT2D eigenvalue weighted by molar-refractivity contribution is 1.21. The summed E-state index contributed by atoms with van der Waals surface area (Å²) >= 11 is 0. The molecule has 1 heterocycles. The summed E-state index contributed by atoms with van der Waals surface area (Å²) in [6, 6.07) is 4.44. The first kappa shape index (κ1) is 11.6. The van der Waals surface area contributed by atoms with E-state index in [0.29, 0.717) is 0 Å². The second-order valence-corrected chi connectivity index (χ2v) is 4.38. The molecule has 0 aliphatic carbocycles. The van der Waals surface area contributed by atoms with Crippen LogP contribution in [0, 0.1) is 13.8 Å². The monoisotopic (exact) mass is 223 g/mol. The number of aliphatic imine (C=N–C) groups is 1. The van der Waals surface area contributed by atoms with Crippen LogP contribution in [0.5, 0.6) is 0 Å². The molecule has 86 valence electrons. The number of allylic oxidation sites excluding steroid dienone is 4. The van der Waals surface area contributed by atoms with E-state index in [9.17, 15) is 0 Å². The second kappa shape index (κ2) is 4.96. The fourth-order valence-corrected chi connectivity index (χ4v) is 1.83. The Morgan fingerprint density at radius 3 is 2.71 bits per heavy atom. The first-order valence-electron chi connectivity index (χ1n) is 5.83. The summed E-state index contributed by atoms with van der Waals surface area (Å²) in [7, 11) is 0. The summed E-state index contributed by atoms with van der Waals surface area (Å²) in [5, 5.41) is 0. The van der Waals surface area contributed by atoms with Gasteiger partial charge in [-0.25, -0.2) is 0 Å². The van der Waals surface area contributed by atoms with E-state index < -0.39 is 0 Å². The van der Waals surface area contributed by atoms with Gasteiger partial charge in [-0.15, -0.1) is 0 Å². The predicted octanol–water partition coefficient (Wildman–Crippen LogP) is 3.90. The van der Waals surface area contributed by atoms with Crippen LogP contribution in [0.1, 0.15) is 22.3 Å². The molecule has 0 fully saturated rings. The van der Waals surface area contributed by atoms with Gasteiger partial charge in [0.15, 0.2) is 0 Å². The quantitative estimate of drug-likeness (QED) is 0.632. The minimum Gasteiger partial charge on any atom is -0.257 e. The normalized spacial score (nSPS) is 18.6. The lowest BCUT2D eigenvalue weighted by atomic mass is 9.98. The molecule has 0 saturated carbocycles. The number of fused-ring (bicyclic) bond motifs is 1. The first-order chi connectivity index (χ1) is 8.16. The van der Waals surface area contributed by atoms with E-state index in [1.807, 2.05) is 24.4 Å². The maximum absolute atomic E-state index is 4.36. The van der Waals surface area contributed by atoms with Crippen LogP contribution in [0.2, 0.25) is 0 Å². The molecule has 0 radical (unpaired) electrons. The molecule has 0 spiro atoms. The standard InChI is InChI=1S/C16H17N/c1-12-9-15-8-6-4-5-7-14(3)17-11-16(15)10-13(12)2/h4-7,9-11H,3,8H2,1-2H3/b6-4-,7-5-,17-11?. The van der Waals surface area contributed by atoms with Crippen molar-refractivity contribution in [1.29, 1.82) is 0 Å². The highest BCUT2D eigenvalue weighted by atomic mass is 14.7.